The molecule has 1 aliphatic rings. The quantitative estimate of drug-likeness (QED) is 0.377. The van der Waals surface area contributed by atoms with Crippen LogP contribution in [0.5, 0.6) is 23.0 Å². The Hall–Kier alpha value is -4.15. The van der Waals surface area contributed by atoms with Crippen LogP contribution in [0.1, 0.15) is 11.1 Å². The van der Waals surface area contributed by atoms with Crippen LogP contribution in [0.3, 0.4) is 0 Å². The monoisotopic (exact) mass is 553 g/mol. The number of ketones is 1. The normalized spacial score (nSPS) is 16.4. The Balaban J connectivity index is 1.84. The highest BCUT2D eigenvalue weighted by molar-refractivity contribution is 7.89. The Morgan fingerprint density at radius 1 is 0.692 bits per heavy atom. The van der Waals surface area contributed by atoms with Gasteiger partial charge in [-0.2, -0.15) is 4.31 Å². The second-order valence-electron chi connectivity index (χ2n) is 8.69. The van der Waals surface area contributed by atoms with Crippen molar-refractivity contribution in [1.82, 2.24) is 4.31 Å². The minimum absolute atomic E-state index is 0.0805. The van der Waals surface area contributed by atoms with E-state index in [4.69, 9.17) is 18.9 Å². The molecule has 10 heteroatoms. The Morgan fingerprint density at radius 2 is 1.08 bits per heavy atom. The average molecular weight is 554 g/mol. The first kappa shape index (κ1) is 27.9. The fraction of sp³-hybridized carbons (Fsp3) is 0.207. The largest absolute Gasteiger partial charge is 0.497 e. The second kappa shape index (κ2) is 11.7. The molecule has 3 aromatic carbocycles. The first-order valence-corrected chi connectivity index (χ1v) is 13.3. The summed E-state index contributed by atoms with van der Waals surface area (Å²) in [5, 5.41) is 0. The average Bonchev–Trinajstić information content (AvgIpc) is 2.94. The molecule has 1 saturated heterocycles. The zero-order chi connectivity index (χ0) is 28.2. The van der Waals surface area contributed by atoms with Crippen LogP contribution in [0.25, 0.3) is 12.2 Å². The molecule has 204 valence electrons. The van der Waals surface area contributed by atoms with Crippen LogP contribution in [0.15, 0.2) is 76.7 Å². The minimum atomic E-state index is -4.07. The van der Waals surface area contributed by atoms with E-state index in [-0.39, 0.29) is 34.9 Å². The number of methoxy groups -OCH3 is 4. The lowest BCUT2D eigenvalue weighted by Gasteiger charge is -2.29. The summed E-state index contributed by atoms with van der Waals surface area (Å²) < 4.78 is 63.2. The third kappa shape index (κ3) is 6.30. The number of benzene rings is 3. The molecule has 3 aromatic rings. The molecular formula is C29H28FNO7S. The predicted molar refractivity (Wildman–Crippen MR) is 145 cm³/mol. The van der Waals surface area contributed by atoms with Crippen molar-refractivity contribution in [2.45, 2.75) is 4.90 Å². The van der Waals surface area contributed by atoms with E-state index in [1.165, 1.54) is 44.9 Å². The van der Waals surface area contributed by atoms with E-state index in [0.29, 0.717) is 34.1 Å². The first-order valence-electron chi connectivity index (χ1n) is 11.8. The molecule has 0 saturated carbocycles. The molecule has 4 rings (SSSR count). The number of rotatable bonds is 8. The molecule has 0 aliphatic carbocycles. The minimum Gasteiger partial charge on any atom is -0.497 e. The van der Waals surface area contributed by atoms with Crippen LogP contribution in [0.4, 0.5) is 4.39 Å². The van der Waals surface area contributed by atoms with Crippen LogP contribution in [0.2, 0.25) is 0 Å². The smallest absolute Gasteiger partial charge is 0.243 e. The highest BCUT2D eigenvalue weighted by Gasteiger charge is 2.34. The zero-order valence-electron chi connectivity index (χ0n) is 21.9. The summed E-state index contributed by atoms with van der Waals surface area (Å²) in [4.78, 5) is 13.6. The number of hydrogen-bond acceptors (Lipinski definition) is 7. The van der Waals surface area contributed by atoms with Gasteiger partial charge in [0.25, 0.3) is 0 Å². The van der Waals surface area contributed by atoms with Gasteiger partial charge in [-0.05, 0) is 71.8 Å². The van der Waals surface area contributed by atoms with Gasteiger partial charge in [-0.1, -0.05) is 0 Å². The van der Waals surface area contributed by atoms with Gasteiger partial charge in [0.2, 0.25) is 10.0 Å². The third-order valence-electron chi connectivity index (χ3n) is 6.16. The number of piperidine rings is 1. The van der Waals surface area contributed by atoms with Gasteiger partial charge in [-0.25, -0.2) is 12.8 Å². The number of sulfonamides is 1. The lowest BCUT2D eigenvalue weighted by Crippen LogP contribution is -2.41. The second-order valence-corrected chi connectivity index (χ2v) is 10.6. The third-order valence-corrected chi connectivity index (χ3v) is 7.96. The molecule has 1 fully saturated rings. The highest BCUT2D eigenvalue weighted by atomic mass is 32.2. The summed E-state index contributed by atoms with van der Waals surface area (Å²) in [6.45, 7) is -0.367. The number of carbonyl (C=O) groups excluding carboxylic acids is 1. The van der Waals surface area contributed by atoms with Gasteiger partial charge in [-0.15, -0.1) is 0 Å². The van der Waals surface area contributed by atoms with Gasteiger partial charge < -0.3 is 18.9 Å². The lowest BCUT2D eigenvalue weighted by molar-refractivity contribution is -0.113. The van der Waals surface area contributed by atoms with E-state index in [1.54, 1.807) is 48.6 Å². The van der Waals surface area contributed by atoms with Crippen LogP contribution in [0, 0.1) is 5.82 Å². The molecule has 39 heavy (non-hydrogen) atoms. The van der Waals surface area contributed by atoms with E-state index >= 15 is 0 Å². The fourth-order valence-electron chi connectivity index (χ4n) is 4.16. The van der Waals surface area contributed by atoms with Gasteiger partial charge in [0.05, 0.1) is 33.3 Å². The van der Waals surface area contributed by atoms with Crippen molar-refractivity contribution >= 4 is 28.0 Å². The van der Waals surface area contributed by atoms with Gasteiger partial charge >= 0.3 is 0 Å². The Kier molecular flexibility index (Phi) is 8.37. The van der Waals surface area contributed by atoms with E-state index in [1.807, 2.05) is 0 Å². The van der Waals surface area contributed by atoms with Crippen molar-refractivity contribution in [2.75, 3.05) is 41.5 Å². The predicted octanol–water partition coefficient (Wildman–Crippen LogP) is 4.60. The molecule has 0 N–H and O–H groups in total. The van der Waals surface area contributed by atoms with E-state index in [9.17, 15) is 17.6 Å². The van der Waals surface area contributed by atoms with E-state index in [0.717, 1.165) is 12.1 Å². The molecule has 0 radical (unpaired) electrons. The molecule has 0 amide bonds. The van der Waals surface area contributed by atoms with E-state index in [2.05, 4.69) is 0 Å². The van der Waals surface area contributed by atoms with Crippen molar-refractivity contribution in [1.29, 1.82) is 0 Å². The first-order chi connectivity index (χ1) is 18.7. The SMILES string of the molecule is COc1cc(C=C2CN(S(=O)(=O)c3ccc(F)cc3)CC(=Cc3cc(OC)cc(OC)c3)C2=O)cc(OC)c1. The molecule has 0 bridgehead atoms. The van der Waals surface area contributed by atoms with Crippen LogP contribution in [-0.2, 0) is 14.8 Å². The van der Waals surface area contributed by atoms with Crippen molar-refractivity contribution in [3.05, 3.63) is 88.8 Å². The van der Waals surface area contributed by atoms with Crippen molar-refractivity contribution in [3.63, 3.8) is 0 Å². The summed E-state index contributed by atoms with van der Waals surface area (Å²) in [5.74, 6) is 1.19. The molecule has 1 aliphatic heterocycles. The summed E-state index contributed by atoms with van der Waals surface area (Å²) in [5.41, 5.74) is 1.67. The summed E-state index contributed by atoms with van der Waals surface area (Å²) in [6.07, 6.45) is 3.22. The van der Waals surface area contributed by atoms with Crippen molar-refractivity contribution in [2.24, 2.45) is 0 Å². The Morgan fingerprint density at radius 3 is 1.44 bits per heavy atom. The number of Topliss-reactive ketones (excluding diaryl/α,β-unsaturated/α-hetero) is 1. The number of hydrogen-bond donors (Lipinski definition) is 0. The lowest BCUT2D eigenvalue weighted by atomic mass is 9.95. The summed E-state index contributed by atoms with van der Waals surface area (Å²) in [6, 6.07) is 14.8. The summed E-state index contributed by atoms with van der Waals surface area (Å²) in [7, 11) is 1.98. The number of halogens is 1. The maximum absolute atomic E-state index is 13.7. The Bertz CT molecular complexity index is 1420. The molecule has 8 nitrogen and oxygen atoms in total. The van der Waals surface area contributed by atoms with Crippen LogP contribution >= 0.6 is 0 Å². The van der Waals surface area contributed by atoms with Gasteiger partial charge in [-0.3, -0.25) is 4.79 Å². The molecule has 1 heterocycles. The van der Waals surface area contributed by atoms with E-state index < -0.39 is 15.8 Å². The molecular weight excluding hydrogens is 525 g/mol. The maximum atomic E-state index is 13.7. The number of carbonyl (C=O) groups is 1. The zero-order valence-corrected chi connectivity index (χ0v) is 22.8. The Labute approximate surface area is 226 Å². The molecule has 0 atom stereocenters. The molecule has 0 spiro atoms. The van der Waals surface area contributed by atoms with Crippen LogP contribution < -0.4 is 18.9 Å². The topological polar surface area (TPSA) is 91.4 Å². The van der Waals surface area contributed by atoms with Gasteiger partial charge in [0, 0.05) is 36.4 Å². The van der Waals surface area contributed by atoms with Gasteiger partial charge in [0.15, 0.2) is 5.78 Å². The molecule has 0 aromatic heterocycles. The van der Waals surface area contributed by atoms with Crippen molar-refractivity contribution in [3.8, 4) is 23.0 Å². The van der Waals surface area contributed by atoms with Crippen molar-refractivity contribution < 1.29 is 36.6 Å². The number of nitrogens with zero attached hydrogens (tertiary/aromatic N) is 1. The fourth-order valence-corrected chi connectivity index (χ4v) is 5.56. The van der Waals surface area contributed by atoms with Crippen LogP contribution in [-0.4, -0.2) is 60.0 Å². The number of ether oxygens (including phenoxy) is 4. The van der Waals surface area contributed by atoms with Gasteiger partial charge in [0.1, 0.15) is 28.8 Å². The summed E-state index contributed by atoms with van der Waals surface area (Å²) >= 11 is 0. The maximum Gasteiger partial charge on any atom is 0.243 e. The standard InChI is InChI=1S/C29H28FNO7S/c1-35-24-11-19(12-25(15-24)36-2)9-21-17-31(39(33,34)28-7-5-23(30)6-8-28)18-22(29(21)32)10-20-13-26(37-3)16-27(14-20)38-4/h5-16H,17-18H2,1-4H3. The highest BCUT2D eigenvalue weighted by Crippen LogP contribution is 2.31. The molecule has 0 unspecified atom stereocenters.